The van der Waals surface area contributed by atoms with Gasteiger partial charge in [0.15, 0.2) is 0 Å². The van der Waals surface area contributed by atoms with E-state index in [2.05, 4.69) is 25.7 Å². The van der Waals surface area contributed by atoms with E-state index in [0.717, 1.165) is 12.0 Å². The lowest BCUT2D eigenvalue weighted by Crippen LogP contribution is -2.49. The molecule has 3 heteroatoms. The van der Waals surface area contributed by atoms with Crippen LogP contribution in [0, 0.1) is 5.92 Å². The van der Waals surface area contributed by atoms with Crippen molar-refractivity contribution in [2.45, 2.75) is 70.7 Å². The third-order valence-electron chi connectivity index (χ3n) is 4.51. The van der Waals surface area contributed by atoms with Gasteiger partial charge in [0, 0.05) is 12.1 Å². The van der Waals surface area contributed by atoms with E-state index in [9.17, 15) is 0 Å². The quantitative estimate of drug-likeness (QED) is 0.802. The van der Waals surface area contributed by atoms with E-state index in [-0.39, 0.29) is 0 Å². The number of rotatable bonds is 2. The van der Waals surface area contributed by atoms with Gasteiger partial charge in [-0.1, -0.05) is 0 Å². The average Bonchev–Trinajstić information content (AvgIpc) is 2.28. The predicted octanol–water partition coefficient (Wildman–Crippen LogP) is 2.00. The van der Waals surface area contributed by atoms with Gasteiger partial charge in [0.05, 0.1) is 12.2 Å². The van der Waals surface area contributed by atoms with Crippen LogP contribution in [-0.2, 0) is 4.74 Å². The first kappa shape index (κ1) is 13.3. The summed E-state index contributed by atoms with van der Waals surface area (Å²) in [6.45, 7) is 9.03. The van der Waals surface area contributed by atoms with Gasteiger partial charge >= 0.3 is 0 Å². The second kappa shape index (κ2) is 5.68. The molecule has 3 atom stereocenters. The maximum Gasteiger partial charge on any atom is 0.0565 e. The van der Waals surface area contributed by atoms with Crippen molar-refractivity contribution in [1.82, 2.24) is 4.90 Å². The summed E-state index contributed by atoms with van der Waals surface area (Å²) < 4.78 is 5.82. The van der Waals surface area contributed by atoms with E-state index in [4.69, 9.17) is 10.5 Å². The van der Waals surface area contributed by atoms with Crippen LogP contribution in [0.25, 0.3) is 0 Å². The summed E-state index contributed by atoms with van der Waals surface area (Å²) in [6, 6.07) is 1.10. The molecular formula is C14H28N2O. The molecule has 100 valence electrons. The second-order valence-electron chi connectivity index (χ2n) is 6.12. The Bertz CT molecular complexity index is 226. The van der Waals surface area contributed by atoms with E-state index in [1.54, 1.807) is 0 Å². The maximum atomic E-state index is 6.00. The fourth-order valence-corrected chi connectivity index (χ4v) is 3.48. The Kier molecular flexibility index (Phi) is 4.45. The summed E-state index contributed by atoms with van der Waals surface area (Å²) in [7, 11) is 0. The van der Waals surface area contributed by atoms with Crippen molar-refractivity contribution in [3.8, 4) is 0 Å². The molecule has 0 aromatic rings. The molecule has 3 nitrogen and oxygen atoms in total. The largest absolute Gasteiger partial charge is 0.375 e. The van der Waals surface area contributed by atoms with Gasteiger partial charge in [0.2, 0.25) is 0 Å². The van der Waals surface area contributed by atoms with Gasteiger partial charge < -0.3 is 15.4 Å². The van der Waals surface area contributed by atoms with Gasteiger partial charge in [0.25, 0.3) is 0 Å². The highest BCUT2D eigenvalue weighted by Crippen LogP contribution is 2.28. The summed E-state index contributed by atoms with van der Waals surface area (Å²) in [5.74, 6) is 0.737. The Balaban J connectivity index is 1.83. The van der Waals surface area contributed by atoms with Crippen LogP contribution in [0.4, 0.5) is 0 Å². The molecule has 0 aromatic heterocycles. The Morgan fingerprint density at radius 3 is 2.12 bits per heavy atom. The molecule has 2 aliphatic heterocycles. The molecule has 17 heavy (non-hydrogen) atoms. The molecule has 2 N–H and O–H groups in total. The molecule has 2 rings (SSSR count). The molecule has 0 bridgehead atoms. The van der Waals surface area contributed by atoms with Gasteiger partial charge in [-0.25, -0.2) is 0 Å². The van der Waals surface area contributed by atoms with Crippen molar-refractivity contribution in [2.24, 2.45) is 11.7 Å². The van der Waals surface area contributed by atoms with Crippen molar-refractivity contribution in [3.63, 3.8) is 0 Å². The van der Waals surface area contributed by atoms with Crippen LogP contribution in [0.3, 0.4) is 0 Å². The Morgan fingerprint density at radius 2 is 1.65 bits per heavy atom. The van der Waals surface area contributed by atoms with Gasteiger partial charge in [-0.15, -0.1) is 0 Å². The molecule has 2 aliphatic rings. The van der Waals surface area contributed by atoms with Gasteiger partial charge in [-0.2, -0.15) is 0 Å². The van der Waals surface area contributed by atoms with Crippen molar-refractivity contribution in [1.29, 1.82) is 0 Å². The first-order chi connectivity index (χ1) is 8.06. The van der Waals surface area contributed by atoms with E-state index < -0.39 is 0 Å². The monoisotopic (exact) mass is 240 g/mol. The first-order valence-corrected chi connectivity index (χ1v) is 7.21. The second-order valence-corrected chi connectivity index (χ2v) is 6.12. The molecule has 2 fully saturated rings. The van der Waals surface area contributed by atoms with E-state index in [0.29, 0.717) is 18.2 Å². The summed E-state index contributed by atoms with van der Waals surface area (Å²) in [4.78, 5) is 2.68. The van der Waals surface area contributed by atoms with Crippen LogP contribution < -0.4 is 5.73 Å². The molecular weight excluding hydrogens is 212 g/mol. The number of nitrogens with two attached hydrogens (primary N) is 1. The highest BCUT2D eigenvalue weighted by Gasteiger charge is 2.31. The van der Waals surface area contributed by atoms with Crippen LogP contribution in [0.15, 0.2) is 0 Å². The Morgan fingerprint density at radius 1 is 1.12 bits per heavy atom. The number of likely N-dealkylation sites (tertiary alicyclic amines) is 1. The van der Waals surface area contributed by atoms with Crippen molar-refractivity contribution >= 4 is 0 Å². The SMILES string of the molecule is CC1CC(N2CCC(C(C)N)CC2)CC(C)O1. The lowest BCUT2D eigenvalue weighted by atomic mass is 9.88. The summed E-state index contributed by atoms with van der Waals surface area (Å²) in [5, 5.41) is 0. The fourth-order valence-electron chi connectivity index (χ4n) is 3.48. The molecule has 0 amide bonds. The lowest BCUT2D eigenvalue weighted by Gasteiger charge is -2.43. The highest BCUT2D eigenvalue weighted by molar-refractivity contribution is 4.85. The number of hydrogen-bond acceptors (Lipinski definition) is 3. The number of piperidine rings is 1. The summed E-state index contributed by atoms with van der Waals surface area (Å²) in [5.41, 5.74) is 6.00. The van der Waals surface area contributed by atoms with Crippen LogP contribution in [0.5, 0.6) is 0 Å². The minimum atomic E-state index is 0.365. The molecule has 0 aliphatic carbocycles. The molecule has 0 spiro atoms. The predicted molar refractivity (Wildman–Crippen MR) is 71.0 cm³/mol. The minimum absolute atomic E-state index is 0.365. The van der Waals surface area contributed by atoms with Gasteiger partial charge in [-0.3, -0.25) is 0 Å². The highest BCUT2D eigenvalue weighted by atomic mass is 16.5. The van der Waals surface area contributed by atoms with Crippen LogP contribution >= 0.6 is 0 Å². The van der Waals surface area contributed by atoms with E-state index in [1.807, 2.05) is 0 Å². The molecule has 0 radical (unpaired) electrons. The van der Waals surface area contributed by atoms with Crippen LogP contribution in [0.2, 0.25) is 0 Å². The number of nitrogens with zero attached hydrogens (tertiary/aromatic N) is 1. The first-order valence-electron chi connectivity index (χ1n) is 7.21. The zero-order chi connectivity index (χ0) is 12.4. The average molecular weight is 240 g/mol. The van der Waals surface area contributed by atoms with Gasteiger partial charge in [0.1, 0.15) is 0 Å². The Hall–Kier alpha value is -0.120. The van der Waals surface area contributed by atoms with E-state index >= 15 is 0 Å². The summed E-state index contributed by atoms with van der Waals surface area (Å²) in [6.07, 6.45) is 5.81. The molecule has 3 unspecified atom stereocenters. The van der Waals surface area contributed by atoms with Crippen molar-refractivity contribution in [2.75, 3.05) is 13.1 Å². The van der Waals surface area contributed by atoms with Crippen LogP contribution in [-0.4, -0.2) is 42.3 Å². The zero-order valence-corrected chi connectivity index (χ0v) is 11.6. The van der Waals surface area contributed by atoms with Crippen molar-refractivity contribution < 1.29 is 4.74 Å². The smallest absolute Gasteiger partial charge is 0.0565 e. The third-order valence-corrected chi connectivity index (χ3v) is 4.51. The summed E-state index contributed by atoms with van der Waals surface area (Å²) >= 11 is 0. The normalized spacial score (nSPS) is 39.2. The topological polar surface area (TPSA) is 38.5 Å². The van der Waals surface area contributed by atoms with Crippen LogP contribution in [0.1, 0.15) is 46.5 Å². The molecule has 2 heterocycles. The number of ether oxygens (including phenoxy) is 1. The van der Waals surface area contributed by atoms with E-state index in [1.165, 1.54) is 38.8 Å². The molecule has 2 saturated heterocycles. The number of hydrogen-bond donors (Lipinski definition) is 1. The Labute approximate surface area is 106 Å². The fraction of sp³-hybridized carbons (Fsp3) is 1.00. The maximum absolute atomic E-state index is 6.00. The molecule has 0 aromatic carbocycles. The van der Waals surface area contributed by atoms with Gasteiger partial charge in [-0.05, 0) is 65.5 Å². The molecule has 0 saturated carbocycles. The standard InChI is InChI=1S/C14H28N2O/c1-10-8-14(9-11(2)17-10)16-6-4-13(5-7-16)12(3)15/h10-14H,4-9,15H2,1-3H3. The lowest BCUT2D eigenvalue weighted by molar-refractivity contribution is -0.0699. The third kappa shape index (κ3) is 3.43. The van der Waals surface area contributed by atoms with Crippen molar-refractivity contribution in [3.05, 3.63) is 0 Å². The minimum Gasteiger partial charge on any atom is -0.375 e. The zero-order valence-electron chi connectivity index (χ0n) is 11.6.